The first-order valence-corrected chi connectivity index (χ1v) is 4.95. The Hall–Kier alpha value is -0.640. The predicted octanol–water partition coefficient (Wildman–Crippen LogP) is 2.09. The number of hydrogen-bond donors (Lipinski definition) is 1. The molecule has 2 N–H and O–H groups in total. The molecule has 0 saturated heterocycles. The molecule has 2 rings (SSSR count). The van der Waals surface area contributed by atoms with Crippen molar-refractivity contribution in [3.8, 4) is 11.5 Å². The van der Waals surface area contributed by atoms with E-state index < -0.39 is 0 Å². The minimum Gasteiger partial charge on any atom is -0.486 e. The van der Waals surface area contributed by atoms with Gasteiger partial charge in [0.25, 0.3) is 0 Å². The quantitative estimate of drug-likeness (QED) is 0.809. The summed E-state index contributed by atoms with van der Waals surface area (Å²) in [6, 6.07) is 3.28. The Morgan fingerprint density at radius 3 is 2.57 bits per heavy atom. The molecule has 1 aromatic rings. The summed E-state index contributed by atoms with van der Waals surface area (Å²) in [5.74, 6) is 1.21. The number of nitrogens with two attached hydrogens (primary N) is 1. The smallest absolute Gasteiger partial charge is 0.163 e. The van der Waals surface area contributed by atoms with Crippen LogP contribution < -0.4 is 15.2 Å². The molecule has 0 spiro atoms. The summed E-state index contributed by atoms with van der Waals surface area (Å²) < 4.78 is 10.9. The minimum atomic E-state index is -0.111. The van der Waals surface area contributed by atoms with Crippen molar-refractivity contribution >= 4 is 23.2 Å². The Kier molecular flexibility index (Phi) is 2.72. The highest BCUT2D eigenvalue weighted by Gasteiger charge is 2.20. The molecule has 0 radical (unpaired) electrons. The molecule has 0 aromatic heterocycles. The number of ether oxygens (including phenoxy) is 2. The maximum absolute atomic E-state index is 5.84. The molecule has 0 fully saturated rings. The van der Waals surface area contributed by atoms with E-state index in [9.17, 15) is 0 Å². The van der Waals surface area contributed by atoms with Crippen molar-refractivity contribution in [2.24, 2.45) is 5.73 Å². The van der Waals surface area contributed by atoms with Crippen LogP contribution in [0.15, 0.2) is 12.1 Å². The van der Waals surface area contributed by atoms with Gasteiger partial charge in [-0.1, -0.05) is 23.2 Å². The first-order valence-electron chi connectivity index (χ1n) is 4.19. The molecule has 1 aromatic carbocycles. The number of hydrogen-bond acceptors (Lipinski definition) is 3. The van der Waals surface area contributed by atoms with Gasteiger partial charge in [0.1, 0.15) is 12.7 Å². The highest BCUT2D eigenvalue weighted by atomic mass is 35.5. The van der Waals surface area contributed by atoms with Crippen molar-refractivity contribution < 1.29 is 9.47 Å². The third kappa shape index (κ3) is 1.75. The second-order valence-electron chi connectivity index (χ2n) is 3.00. The van der Waals surface area contributed by atoms with E-state index >= 15 is 0 Å². The van der Waals surface area contributed by atoms with E-state index in [4.69, 9.17) is 38.4 Å². The van der Waals surface area contributed by atoms with Crippen LogP contribution in [0, 0.1) is 0 Å². The molecule has 0 amide bonds. The van der Waals surface area contributed by atoms with Crippen LogP contribution in [0.25, 0.3) is 0 Å². The fourth-order valence-corrected chi connectivity index (χ4v) is 1.53. The largest absolute Gasteiger partial charge is 0.486 e. The van der Waals surface area contributed by atoms with Crippen molar-refractivity contribution in [2.45, 2.75) is 6.10 Å². The predicted molar refractivity (Wildman–Crippen MR) is 55.4 cm³/mol. The van der Waals surface area contributed by atoms with Gasteiger partial charge in [-0.05, 0) is 0 Å². The normalized spacial score (nSPS) is 19.5. The first-order chi connectivity index (χ1) is 6.70. The zero-order valence-electron chi connectivity index (χ0n) is 7.30. The van der Waals surface area contributed by atoms with Crippen LogP contribution in [0.2, 0.25) is 10.0 Å². The summed E-state index contributed by atoms with van der Waals surface area (Å²) in [7, 11) is 0. The van der Waals surface area contributed by atoms with E-state index in [-0.39, 0.29) is 6.10 Å². The molecular formula is C9H9Cl2NO2. The van der Waals surface area contributed by atoms with Gasteiger partial charge in [-0.15, -0.1) is 0 Å². The third-order valence-electron chi connectivity index (χ3n) is 1.97. The maximum atomic E-state index is 5.84. The van der Waals surface area contributed by atoms with Gasteiger partial charge in [0.05, 0.1) is 10.0 Å². The maximum Gasteiger partial charge on any atom is 0.163 e. The summed E-state index contributed by atoms with van der Waals surface area (Å²) in [6.07, 6.45) is -0.111. The van der Waals surface area contributed by atoms with Crippen molar-refractivity contribution in [1.82, 2.24) is 0 Å². The molecule has 5 heteroatoms. The summed E-state index contributed by atoms with van der Waals surface area (Å²) in [5, 5.41) is 0.909. The van der Waals surface area contributed by atoms with Crippen LogP contribution in [-0.4, -0.2) is 19.3 Å². The van der Waals surface area contributed by atoms with Crippen LogP contribution in [-0.2, 0) is 0 Å². The van der Waals surface area contributed by atoms with Crippen LogP contribution in [0.3, 0.4) is 0 Å². The lowest BCUT2D eigenvalue weighted by Gasteiger charge is -2.25. The van der Waals surface area contributed by atoms with E-state index in [0.29, 0.717) is 34.7 Å². The van der Waals surface area contributed by atoms with Crippen molar-refractivity contribution in [3.05, 3.63) is 22.2 Å². The number of halogens is 2. The molecule has 76 valence electrons. The van der Waals surface area contributed by atoms with Crippen LogP contribution in [0.1, 0.15) is 0 Å². The minimum absolute atomic E-state index is 0.111. The summed E-state index contributed by atoms with van der Waals surface area (Å²) >= 11 is 11.7. The van der Waals surface area contributed by atoms with Crippen molar-refractivity contribution in [1.29, 1.82) is 0 Å². The lowest BCUT2D eigenvalue weighted by Crippen LogP contribution is -2.35. The average molecular weight is 234 g/mol. The van der Waals surface area contributed by atoms with E-state index in [2.05, 4.69) is 0 Å². The molecular weight excluding hydrogens is 225 g/mol. The van der Waals surface area contributed by atoms with Gasteiger partial charge < -0.3 is 15.2 Å². The average Bonchev–Trinajstić information content (AvgIpc) is 2.19. The third-order valence-corrected chi connectivity index (χ3v) is 2.69. The Morgan fingerprint density at radius 1 is 1.29 bits per heavy atom. The van der Waals surface area contributed by atoms with Gasteiger partial charge in [0, 0.05) is 18.7 Å². The lowest BCUT2D eigenvalue weighted by molar-refractivity contribution is 0.0969. The highest BCUT2D eigenvalue weighted by molar-refractivity contribution is 6.42. The van der Waals surface area contributed by atoms with Gasteiger partial charge in [-0.2, -0.15) is 0 Å². The molecule has 14 heavy (non-hydrogen) atoms. The fourth-order valence-electron chi connectivity index (χ4n) is 1.23. The Bertz CT molecular complexity index is 357. The van der Waals surface area contributed by atoms with Gasteiger partial charge in [-0.25, -0.2) is 0 Å². The van der Waals surface area contributed by atoms with Crippen LogP contribution in [0.4, 0.5) is 0 Å². The molecule has 1 aliphatic rings. The second-order valence-corrected chi connectivity index (χ2v) is 3.81. The van der Waals surface area contributed by atoms with E-state index in [1.54, 1.807) is 12.1 Å². The molecule has 1 aliphatic heterocycles. The number of rotatable bonds is 1. The molecule has 1 atom stereocenters. The standard InChI is InChI=1S/C9H9Cl2NO2/c10-6-1-8-9(2-7(6)11)14-5(3-12)4-13-8/h1-2,5H,3-4,12H2/t5-/m0/s1. The summed E-state index contributed by atoms with van der Waals surface area (Å²) in [4.78, 5) is 0. The van der Waals surface area contributed by atoms with Gasteiger partial charge in [0.15, 0.2) is 11.5 Å². The van der Waals surface area contributed by atoms with Crippen LogP contribution >= 0.6 is 23.2 Å². The topological polar surface area (TPSA) is 44.5 Å². The number of fused-ring (bicyclic) bond motifs is 1. The second kappa shape index (κ2) is 3.85. The van der Waals surface area contributed by atoms with Crippen molar-refractivity contribution in [2.75, 3.05) is 13.2 Å². The fraction of sp³-hybridized carbons (Fsp3) is 0.333. The molecule has 0 bridgehead atoms. The molecule has 0 saturated carbocycles. The van der Waals surface area contributed by atoms with Gasteiger partial charge in [-0.3, -0.25) is 0 Å². The van der Waals surface area contributed by atoms with E-state index in [0.717, 1.165) is 0 Å². The van der Waals surface area contributed by atoms with E-state index in [1.165, 1.54) is 0 Å². The molecule has 1 heterocycles. The monoisotopic (exact) mass is 233 g/mol. The van der Waals surface area contributed by atoms with Crippen molar-refractivity contribution in [3.63, 3.8) is 0 Å². The Morgan fingerprint density at radius 2 is 1.93 bits per heavy atom. The lowest BCUT2D eigenvalue weighted by atomic mass is 10.2. The molecule has 0 unspecified atom stereocenters. The zero-order chi connectivity index (χ0) is 10.1. The Balaban J connectivity index is 2.33. The summed E-state index contributed by atoms with van der Waals surface area (Å²) in [6.45, 7) is 0.862. The molecule has 3 nitrogen and oxygen atoms in total. The van der Waals surface area contributed by atoms with Gasteiger partial charge >= 0.3 is 0 Å². The Labute approximate surface area is 91.7 Å². The molecule has 0 aliphatic carbocycles. The SMILES string of the molecule is NC[C@H]1COc2cc(Cl)c(Cl)cc2O1. The van der Waals surface area contributed by atoms with Gasteiger partial charge in [0.2, 0.25) is 0 Å². The first kappa shape index (κ1) is 9.90. The highest BCUT2D eigenvalue weighted by Crippen LogP contribution is 2.38. The number of benzene rings is 1. The summed E-state index contributed by atoms with van der Waals surface area (Å²) in [5.41, 5.74) is 5.46. The zero-order valence-corrected chi connectivity index (χ0v) is 8.81. The van der Waals surface area contributed by atoms with Crippen LogP contribution in [0.5, 0.6) is 11.5 Å². The van der Waals surface area contributed by atoms with E-state index in [1.807, 2.05) is 0 Å².